The van der Waals surface area contributed by atoms with Crippen LogP contribution in [0.4, 0.5) is 0 Å². The molecule has 3 aromatic rings. The van der Waals surface area contributed by atoms with E-state index in [4.69, 9.17) is 9.66 Å². The minimum absolute atomic E-state index is 0.0364. The van der Waals surface area contributed by atoms with Crippen LogP contribution in [0.15, 0.2) is 57.9 Å². The Morgan fingerprint density at radius 2 is 1.78 bits per heavy atom. The first kappa shape index (κ1) is 15.3. The summed E-state index contributed by atoms with van der Waals surface area (Å²) in [5, 5.41) is 18.8. The summed E-state index contributed by atoms with van der Waals surface area (Å²) in [5.41, 5.74) is 2.75. The molecule has 2 aromatic carbocycles. The normalized spacial score (nSPS) is 11.6. The van der Waals surface area contributed by atoms with Gasteiger partial charge in [0.1, 0.15) is 17.2 Å². The van der Waals surface area contributed by atoms with E-state index < -0.39 is 10.0 Å². The Bertz CT molecular complexity index is 960. The number of sulfonamides is 1. The van der Waals surface area contributed by atoms with Crippen LogP contribution < -0.4 is 5.14 Å². The maximum Gasteiger partial charge on any atom is 0.238 e. The predicted molar refractivity (Wildman–Crippen MR) is 85.2 cm³/mol. The number of benzene rings is 2. The summed E-state index contributed by atoms with van der Waals surface area (Å²) in [7, 11) is -3.74. The molecule has 0 spiro atoms. The van der Waals surface area contributed by atoms with Crippen molar-refractivity contribution >= 4 is 10.0 Å². The first-order valence-corrected chi connectivity index (χ1v) is 8.30. The highest BCUT2D eigenvalue weighted by Gasteiger charge is 2.17. The summed E-state index contributed by atoms with van der Waals surface area (Å²) in [6.07, 6.45) is 0. The minimum atomic E-state index is -3.74. The van der Waals surface area contributed by atoms with Crippen LogP contribution >= 0.6 is 0 Å². The maximum atomic E-state index is 11.3. The summed E-state index contributed by atoms with van der Waals surface area (Å²) in [5.74, 6) is 0.713. The van der Waals surface area contributed by atoms with Crippen LogP contribution in [0, 0.1) is 6.92 Å². The zero-order chi connectivity index (χ0) is 16.6. The Labute approximate surface area is 133 Å². The number of phenolic OH excluding ortho intramolecular Hbond substituents is 1. The number of aromatic nitrogens is 1. The maximum absolute atomic E-state index is 11.3. The van der Waals surface area contributed by atoms with Crippen molar-refractivity contribution in [2.24, 2.45) is 5.14 Å². The van der Waals surface area contributed by atoms with Gasteiger partial charge in [0, 0.05) is 5.56 Å². The van der Waals surface area contributed by atoms with E-state index in [0.29, 0.717) is 17.0 Å². The van der Waals surface area contributed by atoms with Gasteiger partial charge in [0.2, 0.25) is 10.0 Å². The fraction of sp³-hybridized carbons (Fsp3) is 0.0625. The van der Waals surface area contributed by atoms with Gasteiger partial charge in [0.05, 0.1) is 10.5 Å². The SMILES string of the molecule is Cc1onc(-c2cccc(O)c2)c1-c1ccc(S(N)(=O)=O)cc1. The van der Waals surface area contributed by atoms with Crippen LogP contribution in [-0.2, 0) is 10.0 Å². The smallest absolute Gasteiger partial charge is 0.238 e. The van der Waals surface area contributed by atoms with E-state index in [1.807, 2.05) is 0 Å². The van der Waals surface area contributed by atoms with Crippen LogP contribution in [0.2, 0.25) is 0 Å². The standard InChI is InChI=1S/C16H14N2O4S/c1-10-15(11-5-7-14(8-6-11)23(17,20)21)16(18-22-10)12-3-2-4-13(19)9-12/h2-9,19H,1H3,(H2,17,20,21). The van der Waals surface area contributed by atoms with Crippen molar-refractivity contribution in [1.82, 2.24) is 5.16 Å². The summed E-state index contributed by atoms with van der Waals surface area (Å²) >= 11 is 0. The van der Waals surface area contributed by atoms with Gasteiger partial charge >= 0.3 is 0 Å². The quantitative estimate of drug-likeness (QED) is 0.768. The van der Waals surface area contributed by atoms with Crippen molar-refractivity contribution in [3.05, 3.63) is 54.3 Å². The Morgan fingerprint density at radius 3 is 2.39 bits per heavy atom. The number of primary sulfonamides is 1. The third kappa shape index (κ3) is 2.96. The van der Waals surface area contributed by atoms with Crippen LogP contribution in [0.3, 0.4) is 0 Å². The lowest BCUT2D eigenvalue weighted by Crippen LogP contribution is -2.11. The molecule has 23 heavy (non-hydrogen) atoms. The molecule has 0 aliphatic rings. The molecule has 3 N–H and O–H groups in total. The number of hydrogen-bond acceptors (Lipinski definition) is 5. The van der Waals surface area contributed by atoms with E-state index in [9.17, 15) is 13.5 Å². The molecule has 0 aliphatic carbocycles. The molecule has 6 nitrogen and oxygen atoms in total. The third-order valence-corrected chi connectivity index (χ3v) is 4.38. The van der Waals surface area contributed by atoms with Crippen LogP contribution in [0.25, 0.3) is 22.4 Å². The van der Waals surface area contributed by atoms with Crippen molar-refractivity contribution in [3.8, 4) is 28.1 Å². The molecule has 1 heterocycles. The molecule has 0 unspecified atom stereocenters. The first-order chi connectivity index (χ1) is 10.9. The van der Waals surface area contributed by atoms with Gasteiger partial charge in [-0.15, -0.1) is 0 Å². The second kappa shape index (κ2) is 5.53. The van der Waals surface area contributed by atoms with Gasteiger partial charge < -0.3 is 9.63 Å². The summed E-state index contributed by atoms with van der Waals surface area (Å²) in [4.78, 5) is 0.0364. The number of nitrogens with two attached hydrogens (primary N) is 1. The predicted octanol–water partition coefficient (Wildman–Crippen LogP) is 2.67. The van der Waals surface area contributed by atoms with Crippen molar-refractivity contribution in [2.75, 3.05) is 0 Å². The van der Waals surface area contributed by atoms with Crippen molar-refractivity contribution in [1.29, 1.82) is 0 Å². The molecule has 3 rings (SSSR count). The second-order valence-corrected chi connectivity index (χ2v) is 6.64. The van der Waals surface area contributed by atoms with Gasteiger partial charge in [-0.05, 0) is 36.8 Å². The molecule has 0 radical (unpaired) electrons. The highest BCUT2D eigenvalue weighted by atomic mass is 32.2. The lowest BCUT2D eigenvalue weighted by atomic mass is 9.99. The number of aryl methyl sites for hydroxylation is 1. The minimum Gasteiger partial charge on any atom is -0.508 e. The number of nitrogens with zero attached hydrogens (tertiary/aromatic N) is 1. The van der Waals surface area contributed by atoms with Gasteiger partial charge in [0.15, 0.2) is 0 Å². The summed E-state index contributed by atoms with van der Waals surface area (Å²) in [6, 6.07) is 12.8. The number of aromatic hydroxyl groups is 1. The van der Waals surface area contributed by atoms with Crippen LogP contribution in [0.1, 0.15) is 5.76 Å². The Morgan fingerprint density at radius 1 is 1.09 bits per heavy atom. The van der Waals surface area contributed by atoms with E-state index >= 15 is 0 Å². The molecule has 0 atom stereocenters. The lowest BCUT2D eigenvalue weighted by molar-refractivity contribution is 0.400. The Kier molecular flexibility index (Phi) is 3.67. The highest BCUT2D eigenvalue weighted by Crippen LogP contribution is 2.35. The van der Waals surface area contributed by atoms with Crippen molar-refractivity contribution in [3.63, 3.8) is 0 Å². The fourth-order valence-electron chi connectivity index (χ4n) is 2.37. The molecule has 0 bridgehead atoms. The van der Waals surface area contributed by atoms with Crippen molar-refractivity contribution in [2.45, 2.75) is 11.8 Å². The largest absolute Gasteiger partial charge is 0.508 e. The van der Waals surface area contributed by atoms with Gasteiger partial charge in [-0.1, -0.05) is 29.4 Å². The summed E-state index contributed by atoms with van der Waals surface area (Å²) in [6.45, 7) is 1.77. The second-order valence-electron chi connectivity index (χ2n) is 5.08. The topological polar surface area (TPSA) is 106 Å². The highest BCUT2D eigenvalue weighted by molar-refractivity contribution is 7.89. The molecule has 0 amide bonds. The van der Waals surface area contributed by atoms with Gasteiger partial charge in [-0.25, -0.2) is 13.6 Å². The molecule has 0 saturated carbocycles. The number of rotatable bonds is 3. The molecular weight excluding hydrogens is 316 g/mol. The molecule has 7 heteroatoms. The van der Waals surface area contributed by atoms with E-state index in [2.05, 4.69) is 5.16 Å². The Balaban J connectivity index is 2.12. The number of phenols is 1. The van der Waals surface area contributed by atoms with Gasteiger partial charge in [-0.2, -0.15) is 0 Å². The van der Waals surface area contributed by atoms with Crippen molar-refractivity contribution < 1.29 is 18.0 Å². The first-order valence-electron chi connectivity index (χ1n) is 6.75. The van der Waals surface area contributed by atoms with E-state index in [0.717, 1.165) is 11.1 Å². The molecule has 0 fully saturated rings. The third-order valence-electron chi connectivity index (χ3n) is 3.45. The molecule has 1 aromatic heterocycles. The zero-order valence-electron chi connectivity index (χ0n) is 12.2. The van der Waals surface area contributed by atoms with Crippen LogP contribution in [0.5, 0.6) is 5.75 Å². The zero-order valence-corrected chi connectivity index (χ0v) is 13.0. The van der Waals surface area contributed by atoms with E-state index in [-0.39, 0.29) is 10.6 Å². The van der Waals surface area contributed by atoms with Crippen LogP contribution in [-0.4, -0.2) is 18.7 Å². The average molecular weight is 330 g/mol. The molecular formula is C16H14N2O4S. The Hall–Kier alpha value is -2.64. The average Bonchev–Trinajstić information content (AvgIpc) is 2.88. The number of hydrogen-bond donors (Lipinski definition) is 2. The molecule has 0 aliphatic heterocycles. The van der Waals surface area contributed by atoms with E-state index in [1.54, 1.807) is 43.3 Å². The van der Waals surface area contributed by atoms with Gasteiger partial charge in [-0.3, -0.25) is 0 Å². The van der Waals surface area contributed by atoms with Gasteiger partial charge in [0.25, 0.3) is 0 Å². The fourth-order valence-corrected chi connectivity index (χ4v) is 2.89. The molecule has 0 saturated heterocycles. The monoisotopic (exact) mass is 330 g/mol. The molecule has 118 valence electrons. The van der Waals surface area contributed by atoms with E-state index in [1.165, 1.54) is 12.1 Å². The summed E-state index contributed by atoms with van der Waals surface area (Å²) < 4.78 is 28.0. The lowest BCUT2D eigenvalue weighted by Gasteiger charge is -2.05.